The van der Waals surface area contributed by atoms with Crippen LogP contribution in [0.1, 0.15) is 41.5 Å². The van der Waals surface area contributed by atoms with Crippen molar-refractivity contribution in [2.75, 3.05) is 0 Å². The van der Waals surface area contributed by atoms with E-state index in [1.165, 1.54) is 11.1 Å². The molecule has 1 heteroatoms. The Balaban J connectivity index is 5.12. The molecule has 0 bridgehead atoms. The summed E-state index contributed by atoms with van der Waals surface area (Å²) in [5.74, 6) is 0. The predicted molar refractivity (Wildman–Crippen MR) is 56.4 cm³/mol. The van der Waals surface area contributed by atoms with Gasteiger partial charge in [-0.05, 0) is 16.4 Å². The monoisotopic (exact) mass is 186 g/mol. The number of hydrogen-bond acceptors (Lipinski definition) is 0. The minimum atomic E-state index is 0.143. The maximum Gasteiger partial charge on any atom is 0.0462 e. The van der Waals surface area contributed by atoms with Crippen LogP contribution in [0.15, 0.2) is 16.8 Å². The van der Waals surface area contributed by atoms with Crippen LogP contribution in [-0.2, 0) is 0 Å². The molecule has 12 heavy (non-hydrogen) atoms. The molecule has 0 aliphatic heterocycles. The normalized spacial score (nSPS) is 12.2. The van der Waals surface area contributed by atoms with E-state index in [1.807, 2.05) is 0 Å². The van der Waals surface area contributed by atoms with Gasteiger partial charge in [-0.1, -0.05) is 53.1 Å². The Morgan fingerprint density at radius 3 is 1.42 bits per heavy atom. The van der Waals surface area contributed by atoms with Crippen molar-refractivity contribution in [2.45, 2.75) is 41.5 Å². The van der Waals surface area contributed by atoms with Crippen molar-refractivity contribution >= 4 is 11.6 Å². The average molecular weight is 187 g/mol. The third-order valence-electron chi connectivity index (χ3n) is 1.70. The van der Waals surface area contributed by atoms with E-state index < -0.39 is 0 Å². The predicted octanol–water partition coefficient (Wildman–Crippen LogP) is 4.36. The van der Waals surface area contributed by atoms with Crippen molar-refractivity contribution in [3.63, 3.8) is 0 Å². The van der Waals surface area contributed by atoms with Gasteiger partial charge in [0.2, 0.25) is 0 Å². The highest BCUT2D eigenvalue weighted by Gasteiger charge is 2.27. The maximum atomic E-state index is 5.55. The molecular weight excluding hydrogens is 168 g/mol. The van der Waals surface area contributed by atoms with Gasteiger partial charge >= 0.3 is 0 Å². The molecule has 0 rings (SSSR count). The zero-order chi connectivity index (χ0) is 9.99. The molecule has 0 amide bonds. The van der Waals surface area contributed by atoms with Gasteiger partial charge in [0.25, 0.3) is 0 Å². The lowest BCUT2D eigenvalue weighted by Crippen LogP contribution is -2.21. The molecule has 0 radical (unpaired) electrons. The zero-order valence-electron chi connectivity index (χ0n) is 8.96. The fourth-order valence-electron chi connectivity index (χ4n) is 1.61. The first kappa shape index (κ1) is 11.8. The van der Waals surface area contributed by atoms with Gasteiger partial charge in [-0.2, -0.15) is 0 Å². The Labute approximate surface area is 81.3 Å². The van der Waals surface area contributed by atoms with Crippen LogP contribution in [0.2, 0.25) is 0 Å². The van der Waals surface area contributed by atoms with Gasteiger partial charge < -0.3 is 0 Å². The molecule has 0 heterocycles. The van der Waals surface area contributed by atoms with Crippen molar-refractivity contribution in [2.24, 2.45) is 10.8 Å². The minimum absolute atomic E-state index is 0.143. The number of hydrogen-bond donors (Lipinski definition) is 0. The van der Waals surface area contributed by atoms with Crippen LogP contribution < -0.4 is 0 Å². The fourth-order valence-corrected chi connectivity index (χ4v) is 1.72. The average Bonchev–Trinajstić information content (AvgIpc) is 1.77. The summed E-state index contributed by atoms with van der Waals surface area (Å²) < 4.78 is 0. The number of rotatable bonds is 0. The largest absolute Gasteiger partial charge is 0.108 e. The Bertz CT molecular complexity index is 188. The van der Waals surface area contributed by atoms with Gasteiger partial charge in [0.05, 0.1) is 0 Å². The van der Waals surface area contributed by atoms with Crippen molar-refractivity contribution in [1.29, 1.82) is 0 Å². The zero-order valence-corrected chi connectivity index (χ0v) is 9.71. The van der Waals surface area contributed by atoms with E-state index in [0.717, 1.165) is 0 Å². The standard InChI is InChI=1S/C11H19Cl/c1-10(2,3)9(7-8-12)11(4,5)6/h8H,1-6H3. The maximum absolute atomic E-state index is 5.55. The summed E-state index contributed by atoms with van der Waals surface area (Å²) in [7, 11) is 0. The highest BCUT2D eigenvalue weighted by molar-refractivity contribution is 6.25. The van der Waals surface area contributed by atoms with Gasteiger partial charge in [0.15, 0.2) is 0 Å². The Kier molecular flexibility index (Phi) is 3.62. The van der Waals surface area contributed by atoms with Gasteiger partial charge in [-0.3, -0.25) is 0 Å². The SMILES string of the molecule is CC(C)(C)C(=C=CCl)C(C)(C)C. The summed E-state index contributed by atoms with van der Waals surface area (Å²) in [6, 6.07) is 0. The third kappa shape index (κ3) is 3.47. The van der Waals surface area contributed by atoms with E-state index in [9.17, 15) is 0 Å². The first-order chi connectivity index (χ1) is 5.19. The lowest BCUT2D eigenvalue weighted by molar-refractivity contribution is 0.363. The highest BCUT2D eigenvalue weighted by atomic mass is 35.5. The van der Waals surface area contributed by atoms with Gasteiger partial charge in [-0.15, -0.1) is 5.73 Å². The lowest BCUT2D eigenvalue weighted by Gasteiger charge is -2.31. The molecule has 0 fully saturated rings. The molecule has 0 aliphatic carbocycles. The van der Waals surface area contributed by atoms with Gasteiger partial charge in [0, 0.05) is 5.54 Å². The first-order valence-electron chi connectivity index (χ1n) is 4.26. The number of halogens is 1. The second kappa shape index (κ2) is 3.68. The summed E-state index contributed by atoms with van der Waals surface area (Å²) in [6.45, 7) is 13.1. The second-order valence-corrected chi connectivity index (χ2v) is 5.35. The van der Waals surface area contributed by atoms with E-state index in [4.69, 9.17) is 11.6 Å². The van der Waals surface area contributed by atoms with Crippen molar-refractivity contribution in [1.82, 2.24) is 0 Å². The van der Waals surface area contributed by atoms with E-state index >= 15 is 0 Å². The fraction of sp³-hybridized carbons (Fsp3) is 0.727. The van der Waals surface area contributed by atoms with E-state index in [2.05, 4.69) is 47.3 Å². The van der Waals surface area contributed by atoms with Crippen LogP contribution >= 0.6 is 11.6 Å². The van der Waals surface area contributed by atoms with Gasteiger partial charge in [0.1, 0.15) is 0 Å². The summed E-state index contributed by atoms with van der Waals surface area (Å²) in [4.78, 5) is 0. The molecule has 0 aromatic rings. The lowest BCUT2D eigenvalue weighted by atomic mass is 9.72. The molecule has 0 N–H and O–H groups in total. The van der Waals surface area contributed by atoms with Crippen LogP contribution in [0.5, 0.6) is 0 Å². The molecule has 0 aromatic heterocycles. The summed E-state index contributed by atoms with van der Waals surface area (Å²) in [6.07, 6.45) is 0. The third-order valence-corrected chi connectivity index (χ3v) is 1.81. The number of allylic oxidation sites excluding steroid dienone is 1. The molecule has 0 saturated carbocycles. The summed E-state index contributed by atoms with van der Waals surface area (Å²) >= 11 is 5.55. The smallest absolute Gasteiger partial charge is 0.0462 e. The quantitative estimate of drug-likeness (QED) is 0.494. The second-order valence-electron chi connectivity index (χ2n) is 5.13. The van der Waals surface area contributed by atoms with Gasteiger partial charge in [-0.25, -0.2) is 0 Å². The van der Waals surface area contributed by atoms with Crippen molar-refractivity contribution in [3.05, 3.63) is 16.8 Å². The molecule has 0 nitrogen and oxygen atoms in total. The van der Waals surface area contributed by atoms with E-state index in [0.29, 0.717) is 0 Å². The van der Waals surface area contributed by atoms with Crippen LogP contribution in [0.3, 0.4) is 0 Å². The van der Waals surface area contributed by atoms with Crippen molar-refractivity contribution in [3.8, 4) is 0 Å². The van der Waals surface area contributed by atoms with Crippen LogP contribution in [0, 0.1) is 10.8 Å². The topological polar surface area (TPSA) is 0 Å². The molecule has 0 aliphatic rings. The van der Waals surface area contributed by atoms with Crippen LogP contribution in [0.4, 0.5) is 0 Å². The first-order valence-corrected chi connectivity index (χ1v) is 4.69. The van der Waals surface area contributed by atoms with Crippen LogP contribution in [0.25, 0.3) is 0 Å². The Hall–Kier alpha value is -0.190. The molecule has 0 spiro atoms. The van der Waals surface area contributed by atoms with Crippen molar-refractivity contribution < 1.29 is 0 Å². The summed E-state index contributed by atoms with van der Waals surface area (Å²) in [5.41, 5.74) is 6.14. The van der Waals surface area contributed by atoms with E-state index in [-0.39, 0.29) is 10.8 Å². The Morgan fingerprint density at radius 2 is 1.33 bits per heavy atom. The highest BCUT2D eigenvalue weighted by Crippen LogP contribution is 2.38. The molecule has 0 atom stereocenters. The summed E-state index contributed by atoms with van der Waals surface area (Å²) in [5, 5.41) is 0. The molecule has 0 aromatic carbocycles. The minimum Gasteiger partial charge on any atom is -0.108 e. The molecule has 0 unspecified atom stereocenters. The molecule has 70 valence electrons. The van der Waals surface area contributed by atoms with Crippen LogP contribution in [-0.4, -0.2) is 0 Å². The molecule has 0 saturated heterocycles. The molecular formula is C11H19Cl. The Morgan fingerprint density at radius 1 is 1.00 bits per heavy atom. The van der Waals surface area contributed by atoms with E-state index in [1.54, 1.807) is 0 Å².